The summed E-state index contributed by atoms with van der Waals surface area (Å²) in [4.78, 5) is 10.7. The van der Waals surface area contributed by atoms with Crippen molar-refractivity contribution in [3.63, 3.8) is 0 Å². The summed E-state index contributed by atoms with van der Waals surface area (Å²) in [6, 6.07) is 5.32. The van der Waals surface area contributed by atoms with Gasteiger partial charge in [0.25, 0.3) is 0 Å². The van der Waals surface area contributed by atoms with Gasteiger partial charge in [-0.15, -0.1) is 0 Å². The van der Waals surface area contributed by atoms with Crippen molar-refractivity contribution in [1.29, 1.82) is 0 Å². The molecule has 74 valence electrons. The highest BCUT2D eigenvalue weighted by atomic mass is 79.9. The number of hydrogen-bond donors (Lipinski definition) is 0. The van der Waals surface area contributed by atoms with E-state index in [2.05, 4.69) is 15.9 Å². The standard InChI is InChI=1S/C10H9BrO3/c11-8-2-1-7(4-12)10(3-8)14-6-9-5-13-9/h1-4,9H,5-6H2. The second-order valence-corrected chi connectivity index (χ2v) is 3.98. The molecule has 3 nitrogen and oxygen atoms in total. The molecule has 1 atom stereocenters. The van der Waals surface area contributed by atoms with Crippen LogP contribution in [0.2, 0.25) is 0 Å². The summed E-state index contributed by atoms with van der Waals surface area (Å²) in [6.07, 6.45) is 0.990. The van der Waals surface area contributed by atoms with Crippen LogP contribution in [0.4, 0.5) is 0 Å². The minimum Gasteiger partial charge on any atom is -0.490 e. The Morgan fingerprint density at radius 3 is 3.07 bits per heavy atom. The molecule has 1 aliphatic heterocycles. The number of ether oxygens (including phenoxy) is 2. The number of halogens is 1. The van der Waals surface area contributed by atoms with E-state index in [0.717, 1.165) is 17.4 Å². The van der Waals surface area contributed by atoms with Gasteiger partial charge in [0.2, 0.25) is 0 Å². The Kier molecular flexibility index (Phi) is 2.84. The minimum atomic E-state index is 0.202. The molecule has 1 aromatic carbocycles. The monoisotopic (exact) mass is 256 g/mol. The Hall–Kier alpha value is -0.870. The molecule has 0 aromatic heterocycles. The fraction of sp³-hybridized carbons (Fsp3) is 0.300. The van der Waals surface area contributed by atoms with Crippen molar-refractivity contribution in [2.45, 2.75) is 6.10 Å². The van der Waals surface area contributed by atoms with Crippen molar-refractivity contribution in [3.05, 3.63) is 28.2 Å². The van der Waals surface area contributed by atoms with Crippen LogP contribution in [0.15, 0.2) is 22.7 Å². The second kappa shape index (κ2) is 4.11. The van der Waals surface area contributed by atoms with Gasteiger partial charge in [0, 0.05) is 4.47 Å². The van der Waals surface area contributed by atoms with E-state index in [1.807, 2.05) is 6.07 Å². The summed E-state index contributed by atoms with van der Waals surface area (Å²) in [5, 5.41) is 0. The Balaban J connectivity index is 2.11. The van der Waals surface area contributed by atoms with Crippen molar-refractivity contribution in [2.24, 2.45) is 0 Å². The third-order valence-corrected chi connectivity index (χ3v) is 2.42. The molecule has 0 saturated carbocycles. The van der Waals surface area contributed by atoms with Crippen LogP contribution < -0.4 is 4.74 Å². The molecule has 2 rings (SSSR count). The quantitative estimate of drug-likeness (QED) is 0.612. The molecule has 1 aromatic rings. The van der Waals surface area contributed by atoms with Gasteiger partial charge in [0.05, 0.1) is 12.2 Å². The molecular weight excluding hydrogens is 248 g/mol. The van der Waals surface area contributed by atoms with Crippen molar-refractivity contribution in [1.82, 2.24) is 0 Å². The van der Waals surface area contributed by atoms with Crippen LogP contribution in [0.1, 0.15) is 10.4 Å². The van der Waals surface area contributed by atoms with E-state index in [0.29, 0.717) is 17.9 Å². The fourth-order valence-electron chi connectivity index (χ4n) is 1.08. The van der Waals surface area contributed by atoms with E-state index in [1.54, 1.807) is 12.1 Å². The van der Waals surface area contributed by atoms with Crippen LogP contribution in [0, 0.1) is 0 Å². The number of aldehydes is 1. The first-order valence-electron chi connectivity index (χ1n) is 4.29. The lowest BCUT2D eigenvalue weighted by atomic mass is 10.2. The number of benzene rings is 1. The van der Waals surface area contributed by atoms with Gasteiger partial charge in [0.1, 0.15) is 18.5 Å². The highest BCUT2D eigenvalue weighted by Gasteiger charge is 2.23. The third kappa shape index (κ3) is 2.33. The van der Waals surface area contributed by atoms with Crippen LogP contribution in [0.5, 0.6) is 5.75 Å². The lowest BCUT2D eigenvalue weighted by Gasteiger charge is -2.06. The lowest BCUT2D eigenvalue weighted by molar-refractivity contribution is 0.111. The average Bonchev–Trinajstić information content (AvgIpc) is 2.98. The summed E-state index contributed by atoms with van der Waals surface area (Å²) in [6.45, 7) is 1.27. The smallest absolute Gasteiger partial charge is 0.153 e. The number of carbonyl (C=O) groups excluding carboxylic acids is 1. The van der Waals surface area contributed by atoms with Gasteiger partial charge in [-0.25, -0.2) is 0 Å². The van der Waals surface area contributed by atoms with Crippen LogP contribution in [0.25, 0.3) is 0 Å². The lowest BCUT2D eigenvalue weighted by Crippen LogP contribution is -2.05. The van der Waals surface area contributed by atoms with Gasteiger partial charge in [0.15, 0.2) is 6.29 Å². The van der Waals surface area contributed by atoms with E-state index in [-0.39, 0.29) is 6.10 Å². The molecule has 1 heterocycles. The first kappa shape index (κ1) is 9.68. The molecule has 0 amide bonds. The maximum Gasteiger partial charge on any atom is 0.153 e. The maximum atomic E-state index is 10.7. The molecule has 14 heavy (non-hydrogen) atoms. The number of hydrogen-bond acceptors (Lipinski definition) is 3. The average molecular weight is 257 g/mol. The Bertz CT molecular complexity index is 347. The molecule has 4 heteroatoms. The number of epoxide rings is 1. The van der Waals surface area contributed by atoms with E-state index in [9.17, 15) is 4.79 Å². The maximum absolute atomic E-state index is 10.7. The van der Waals surface area contributed by atoms with Crippen molar-refractivity contribution >= 4 is 22.2 Å². The molecule has 0 spiro atoms. The van der Waals surface area contributed by atoms with Gasteiger partial charge < -0.3 is 9.47 Å². The summed E-state index contributed by atoms with van der Waals surface area (Å²) >= 11 is 3.32. The van der Waals surface area contributed by atoms with Crippen molar-refractivity contribution < 1.29 is 14.3 Å². The van der Waals surface area contributed by atoms with Crippen LogP contribution >= 0.6 is 15.9 Å². The molecule has 0 aliphatic carbocycles. The largest absolute Gasteiger partial charge is 0.490 e. The zero-order valence-corrected chi connectivity index (χ0v) is 8.99. The molecule has 0 N–H and O–H groups in total. The molecule has 0 radical (unpaired) electrons. The van der Waals surface area contributed by atoms with Gasteiger partial charge >= 0.3 is 0 Å². The molecule has 1 unspecified atom stereocenters. The van der Waals surface area contributed by atoms with Crippen molar-refractivity contribution in [2.75, 3.05) is 13.2 Å². The topological polar surface area (TPSA) is 38.8 Å². The predicted molar refractivity (Wildman–Crippen MR) is 54.8 cm³/mol. The van der Waals surface area contributed by atoms with Crippen LogP contribution in [0.3, 0.4) is 0 Å². The van der Waals surface area contributed by atoms with Crippen LogP contribution in [-0.2, 0) is 4.74 Å². The zero-order chi connectivity index (χ0) is 9.97. The SMILES string of the molecule is O=Cc1ccc(Br)cc1OCC1CO1. The molecular formula is C10H9BrO3. The Morgan fingerprint density at radius 1 is 1.64 bits per heavy atom. The predicted octanol–water partition coefficient (Wildman–Crippen LogP) is 2.04. The highest BCUT2D eigenvalue weighted by molar-refractivity contribution is 9.10. The van der Waals surface area contributed by atoms with Gasteiger partial charge in [-0.1, -0.05) is 15.9 Å². The molecule has 1 saturated heterocycles. The van der Waals surface area contributed by atoms with Gasteiger partial charge in [-0.3, -0.25) is 4.79 Å². The zero-order valence-electron chi connectivity index (χ0n) is 7.40. The van der Waals surface area contributed by atoms with Crippen molar-refractivity contribution in [3.8, 4) is 5.75 Å². The minimum absolute atomic E-state index is 0.202. The molecule has 1 aliphatic rings. The van der Waals surface area contributed by atoms with Gasteiger partial charge in [-0.2, -0.15) is 0 Å². The highest BCUT2D eigenvalue weighted by Crippen LogP contribution is 2.23. The van der Waals surface area contributed by atoms with E-state index in [1.165, 1.54) is 0 Å². The first-order valence-corrected chi connectivity index (χ1v) is 5.08. The van der Waals surface area contributed by atoms with E-state index < -0.39 is 0 Å². The number of rotatable bonds is 4. The van der Waals surface area contributed by atoms with Crippen LogP contribution in [-0.4, -0.2) is 25.6 Å². The van der Waals surface area contributed by atoms with E-state index in [4.69, 9.17) is 9.47 Å². The Labute approximate surface area is 90.1 Å². The number of carbonyl (C=O) groups is 1. The van der Waals surface area contributed by atoms with Gasteiger partial charge in [-0.05, 0) is 18.2 Å². The second-order valence-electron chi connectivity index (χ2n) is 3.07. The normalized spacial score (nSPS) is 19.1. The fourth-order valence-corrected chi connectivity index (χ4v) is 1.42. The summed E-state index contributed by atoms with van der Waals surface area (Å²) in [5.41, 5.74) is 0.564. The first-order chi connectivity index (χ1) is 6.79. The summed E-state index contributed by atoms with van der Waals surface area (Å²) in [5.74, 6) is 0.602. The Morgan fingerprint density at radius 2 is 2.43 bits per heavy atom. The third-order valence-electron chi connectivity index (χ3n) is 1.93. The molecule has 1 fully saturated rings. The van der Waals surface area contributed by atoms with E-state index >= 15 is 0 Å². The summed E-state index contributed by atoms with van der Waals surface area (Å²) < 4.78 is 11.4. The molecule has 0 bridgehead atoms. The summed E-state index contributed by atoms with van der Waals surface area (Å²) in [7, 11) is 0.